The van der Waals surface area contributed by atoms with Gasteiger partial charge in [0.2, 0.25) is 5.88 Å². The van der Waals surface area contributed by atoms with E-state index in [0.29, 0.717) is 6.10 Å². The van der Waals surface area contributed by atoms with Crippen LogP contribution in [0.2, 0.25) is 0 Å². The van der Waals surface area contributed by atoms with Crippen LogP contribution in [0.1, 0.15) is 24.8 Å². The monoisotopic (exact) mass is 392 g/mol. The minimum Gasteiger partial charge on any atom is -0.474 e. The van der Waals surface area contributed by atoms with E-state index in [-0.39, 0.29) is 0 Å². The molecule has 7 nitrogen and oxygen atoms in total. The van der Waals surface area contributed by atoms with Gasteiger partial charge < -0.3 is 9.64 Å². The van der Waals surface area contributed by atoms with E-state index in [1.54, 1.807) is 6.33 Å². The SMILES string of the molecule is Cc1cnn(CCN2CCN(c3ccc4ncnc(OC5CCC5)c4c3)CC2)c1. The van der Waals surface area contributed by atoms with Gasteiger partial charge in [-0.3, -0.25) is 9.58 Å². The number of nitrogens with zero attached hydrogens (tertiary/aromatic N) is 6. The van der Waals surface area contributed by atoms with E-state index in [2.05, 4.69) is 56.2 Å². The Morgan fingerprint density at radius 2 is 1.93 bits per heavy atom. The summed E-state index contributed by atoms with van der Waals surface area (Å²) < 4.78 is 8.15. The lowest BCUT2D eigenvalue weighted by atomic mass is 9.96. The minimum absolute atomic E-state index is 0.318. The molecule has 0 radical (unpaired) electrons. The van der Waals surface area contributed by atoms with Crippen molar-refractivity contribution < 1.29 is 4.74 Å². The second-order valence-electron chi connectivity index (χ2n) is 8.16. The second-order valence-corrected chi connectivity index (χ2v) is 8.16. The van der Waals surface area contributed by atoms with Crippen molar-refractivity contribution in [3.63, 3.8) is 0 Å². The molecular weight excluding hydrogens is 364 g/mol. The first kappa shape index (κ1) is 18.4. The molecule has 2 aliphatic rings. The number of piperazine rings is 1. The number of fused-ring (bicyclic) bond motifs is 1. The Morgan fingerprint density at radius 3 is 2.66 bits per heavy atom. The van der Waals surface area contributed by atoms with E-state index in [9.17, 15) is 0 Å². The molecule has 1 aromatic carbocycles. The fourth-order valence-electron chi connectivity index (χ4n) is 4.02. The van der Waals surface area contributed by atoms with Gasteiger partial charge >= 0.3 is 0 Å². The van der Waals surface area contributed by atoms with Gasteiger partial charge in [-0.15, -0.1) is 0 Å². The van der Waals surface area contributed by atoms with Crippen LogP contribution in [0, 0.1) is 6.92 Å². The maximum Gasteiger partial charge on any atom is 0.224 e. The molecule has 0 bridgehead atoms. The number of hydrogen-bond acceptors (Lipinski definition) is 6. The Kier molecular flexibility index (Phi) is 5.06. The molecular formula is C22H28N6O. The summed E-state index contributed by atoms with van der Waals surface area (Å²) in [5, 5.41) is 5.41. The summed E-state index contributed by atoms with van der Waals surface area (Å²) in [6, 6.07) is 6.46. The van der Waals surface area contributed by atoms with Gasteiger partial charge in [-0.2, -0.15) is 5.10 Å². The normalized spacial score (nSPS) is 18.2. The molecule has 1 saturated carbocycles. The van der Waals surface area contributed by atoms with Gasteiger partial charge in [-0.25, -0.2) is 9.97 Å². The van der Waals surface area contributed by atoms with Gasteiger partial charge in [0.05, 0.1) is 23.6 Å². The maximum absolute atomic E-state index is 6.11. The lowest BCUT2D eigenvalue weighted by Gasteiger charge is -2.36. The summed E-state index contributed by atoms with van der Waals surface area (Å²) in [5.74, 6) is 0.731. The molecule has 152 valence electrons. The van der Waals surface area contributed by atoms with Gasteiger partial charge in [0.1, 0.15) is 12.4 Å². The highest BCUT2D eigenvalue weighted by Crippen LogP contribution is 2.31. The van der Waals surface area contributed by atoms with E-state index in [1.165, 1.54) is 17.7 Å². The van der Waals surface area contributed by atoms with E-state index in [1.807, 2.05) is 10.9 Å². The van der Waals surface area contributed by atoms with Gasteiger partial charge in [0.25, 0.3) is 0 Å². The van der Waals surface area contributed by atoms with E-state index >= 15 is 0 Å². The van der Waals surface area contributed by atoms with Crippen molar-refractivity contribution >= 4 is 16.6 Å². The summed E-state index contributed by atoms with van der Waals surface area (Å²) in [6.45, 7) is 8.25. The van der Waals surface area contributed by atoms with Crippen LogP contribution in [0.4, 0.5) is 5.69 Å². The Bertz CT molecular complexity index is 974. The lowest BCUT2D eigenvalue weighted by Crippen LogP contribution is -2.47. The van der Waals surface area contributed by atoms with Crippen molar-refractivity contribution in [1.82, 2.24) is 24.6 Å². The summed E-state index contributed by atoms with van der Waals surface area (Å²) in [6.07, 6.45) is 9.47. The zero-order chi connectivity index (χ0) is 19.6. The number of benzene rings is 1. The highest BCUT2D eigenvalue weighted by Gasteiger charge is 2.22. The van der Waals surface area contributed by atoms with Crippen LogP contribution in [0.15, 0.2) is 36.9 Å². The molecule has 2 fully saturated rings. The van der Waals surface area contributed by atoms with Crippen molar-refractivity contribution in [2.24, 2.45) is 0 Å². The molecule has 3 aromatic rings. The second kappa shape index (κ2) is 7.99. The van der Waals surface area contributed by atoms with Crippen LogP contribution >= 0.6 is 0 Å². The summed E-state index contributed by atoms with van der Waals surface area (Å²) in [5.41, 5.74) is 3.40. The van der Waals surface area contributed by atoms with Crippen molar-refractivity contribution in [3.05, 3.63) is 42.5 Å². The number of ether oxygens (including phenoxy) is 1. The Hall–Kier alpha value is -2.67. The van der Waals surface area contributed by atoms with Crippen molar-refractivity contribution in [2.45, 2.75) is 38.8 Å². The van der Waals surface area contributed by atoms with E-state index in [4.69, 9.17) is 4.74 Å². The number of aromatic nitrogens is 4. The minimum atomic E-state index is 0.318. The predicted octanol–water partition coefficient (Wildman–Crippen LogP) is 2.89. The molecule has 3 heterocycles. The van der Waals surface area contributed by atoms with Crippen LogP contribution in [0.5, 0.6) is 5.88 Å². The van der Waals surface area contributed by atoms with Crippen molar-refractivity contribution in [1.29, 1.82) is 0 Å². The number of rotatable bonds is 6. The molecule has 0 N–H and O–H groups in total. The van der Waals surface area contributed by atoms with Crippen LogP contribution in [0.25, 0.3) is 10.9 Å². The standard InChI is InChI=1S/C22H28N6O/c1-17-14-25-28(15-17)12-9-26-7-10-27(11-8-26)18-5-6-21-20(13-18)22(24-16-23-21)29-19-3-2-4-19/h5-6,13-16,19H,2-4,7-12H2,1H3. The van der Waals surface area contributed by atoms with Crippen molar-refractivity contribution in [3.8, 4) is 5.88 Å². The smallest absolute Gasteiger partial charge is 0.224 e. The third-order valence-corrected chi connectivity index (χ3v) is 6.06. The average molecular weight is 393 g/mol. The molecule has 0 spiro atoms. The van der Waals surface area contributed by atoms with E-state index in [0.717, 1.165) is 68.9 Å². The number of hydrogen-bond donors (Lipinski definition) is 0. The molecule has 2 aromatic heterocycles. The van der Waals surface area contributed by atoms with Gasteiger partial charge in [0.15, 0.2) is 0 Å². The first-order valence-corrected chi connectivity index (χ1v) is 10.6. The van der Waals surface area contributed by atoms with Crippen LogP contribution < -0.4 is 9.64 Å². The molecule has 7 heteroatoms. The summed E-state index contributed by atoms with van der Waals surface area (Å²) >= 11 is 0. The molecule has 0 unspecified atom stereocenters. The Balaban J connectivity index is 1.23. The first-order chi connectivity index (χ1) is 14.2. The lowest BCUT2D eigenvalue weighted by molar-refractivity contribution is 0.116. The first-order valence-electron chi connectivity index (χ1n) is 10.6. The fraction of sp³-hybridized carbons (Fsp3) is 0.500. The molecule has 1 aliphatic carbocycles. The Morgan fingerprint density at radius 1 is 1.07 bits per heavy atom. The fourth-order valence-corrected chi connectivity index (χ4v) is 4.02. The zero-order valence-corrected chi connectivity index (χ0v) is 17.0. The van der Waals surface area contributed by atoms with Crippen molar-refractivity contribution in [2.75, 3.05) is 37.6 Å². The third-order valence-electron chi connectivity index (χ3n) is 6.06. The summed E-state index contributed by atoms with van der Waals surface area (Å²) in [7, 11) is 0. The molecule has 0 atom stereocenters. The van der Waals surface area contributed by atoms with E-state index < -0.39 is 0 Å². The highest BCUT2D eigenvalue weighted by molar-refractivity contribution is 5.86. The largest absolute Gasteiger partial charge is 0.474 e. The number of anilines is 1. The average Bonchev–Trinajstić information content (AvgIpc) is 3.14. The maximum atomic E-state index is 6.11. The third kappa shape index (κ3) is 4.05. The Labute approximate surface area is 171 Å². The van der Waals surface area contributed by atoms with Gasteiger partial charge in [-0.05, 0) is 49.9 Å². The van der Waals surface area contributed by atoms with Gasteiger partial charge in [0, 0.05) is 44.6 Å². The number of aryl methyl sites for hydroxylation is 1. The zero-order valence-electron chi connectivity index (χ0n) is 17.0. The van der Waals surface area contributed by atoms with Crippen LogP contribution in [0.3, 0.4) is 0 Å². The molecule has 1 saturated heterocycles. The van der Waals surface area contributed by atoms with Crippen LogP contribution in [-0.4, -0.2) is 63.5 Å². The molecule has 29 heavy (non-hydrogen) atoms. The molecule has 1 aliphatic heterocycles. The molecule has 0 amide bonds. The molecule has 5 rings (SSSR count). The quantitative estimate of drug-likeness (QED) is 0.643. The predicted molar refractivity (Wildman–Crippen MR) is 113 cm³/mol. The van der Waals surface area contributed by atoms with Gasteiger partial charge in [-0.1, -0.05) is 0 Å². The summed E-state index contributed by atoms with van der Waals surface area (Å²) in [4.78, 5) is 13.8. The van der Waals surface area contributed by atoms with Crippen LogP contribution in [-0.2, 0) is 6.54 Å². The highest BCUT2D eigenvalue weighted by atomic mass is 16.5. The topological polar surface area (TPSA) is 59.3 Å².